The summed E-state index contributed by atoms with van der Waals surface area (Å²) in [6, 6.07) is 24.4. The Balaban J connectivity index is 1.35. The summed E-state index contributed by atoms with van der Waals surface area (Å²) >= 11 is 0. The van der Waals surface area contributed by atoms with E-state index in [1.165, 1.54) is 0 Å². The lowest BCUT2D eigenvalue weighted by molar-refractivity contribution is 0.0925. The monoisotopic (exact) mass is 404 g/mol. The Kier molecular flexibility index (Phi) is 3.99. The highest BCUT2D eigenvalue weighted by Crippen LogP contribution is 2.31. The number of rotatable bonds is 3. The molecule has 0 bridgehead atoms. The van der Waals surface area contributed by atoms with Crippen molar-refractivity contribution in [1.82, 2.24) is 20.3 Å². The van der Waals surface area contributed by atoms with Crippen LogP contribution in [-0.4, -0.2) is 20.9 Å². The summed E-state index contributed by atoms with van der Waals surface area (Å²) in [6.45, 7) is 0. The van der Waals surface area contributed by atoms with E-state index in [9.17, 15) is 4.79 Å². The first-order valence-electron chi connectivity index (χ1n) is 10.4. The van der Waals surface area contributed by atoms with E-state index >= 15 is 0 Å². The highest BCUT2D eigenvalue weighted by Gasteiger charge is 2.27. The predicted molar refractivity (Wildman–Crippen MR) is 122 cm³/mol. The SMILES string of the molecule is O=C1NC(c2ccccc2)Cc2[nH]c(-c3ccnc(-c4ccc5[nH]ccc5c4)c3)cc21. The number of nitrogens with one attached hydrogen (secondary N) is 3. The van der Waals surface area contributed by atoms with Crippen LogP contribution in [-0.2, 0) is 6.42 Å². The van der Waals surface area contributed by atoms with E-state index < -0.39 is 0 Å². The minimum Gasteiger partial charge on any atom is -0.361 e. The zero-order valence-corrected chi connectivity index (χ0v) is 16.7. The van der Waals surface area contributed by atoms with Gasteiger partial charge < -0.3 is 15.3 Å². The molecule has 2 aromatic carbocycles. The second-order valence-electron chi connectivity index (χ2n) is 7.93. The number of carbonyl (C=O) groups excluding carboxylic acids is 1. The molecule has 1 aliphatic rings. The molecule has 5 nitrogen and oxygen atoms in total. The normalized spacial score (nSPS) is 15.6. The summed E-state index contributed by atoms with van der Waals surface area (Å²) in [5, 5.41) is 4.29. The fourth-order valence-electron chi connectivity index (χ4n) is 4.36. The summed E-state index contributed by atoms with van der Waals surface area (Å²) in [6.07, 6.45) is 4.50. The van der Waals surface area contributed by atoms with Crippen LogP contribution in [0.2, 0.25) is 0 Å². The van der Waals surface area contributed by atoms with Crippen molar-refractivity contribution in [3.8, 4) is 22.5 Å². The van der Waals surface area contributed by atoms with Gasteiger partial charge in [0, 0.05) is 52.2 Å². The number of H-pyrrole nitrogens is 2. The number of carbonyl (C=O) groups is 1. The van der Waals surface area contributed by atoms with Gasteiger partial charge in [0.05, 0.1) is 17.3 Å². The van der Waals surface area contributed by atoms with Crippen LogP contribution in [0.15, 0.2) is 85.2 Å². The molecule has 0 saturated heterocycles. The quantitative estimate of drug-likeness (QED) is 0.384. The molecule has 0 spiro atoms. The Labute approximate surface area is 179 Å². The lowest BCUT2D eigenvalue weighted by atomic mass is 9.96. The Hall–Kier alpha value is -4.12. The van der Waals surface area contributed by atoms with Crippen molar-refractivity contribution in [3.63, 3.8) is 0 Å². The maximum absolute atomic E-state index is 12.8. The fourth-order valence-corrected chi connectivity index (χ4v) is 4.36. The lowest BCUT2D eigenvalue weighted by Gasteiger charge is -2.23. The van der Waals surface area contributed by atoms with Crippen molar-refractivity contribution in [3.05, 3.63) is 102 Å². The predicted octanol–water partition coefficient (Wildman–Crippen LogP) is 5.25. The molecule has 5 heteroatoms. The molecule has 0 aliphatic carbocycles. The third-order valence-electron chi connectivity index (χ3n) is 5.98. The highest BCUT2D eigenvalue weighted by atomic mass is 16.1. The van der Waals surface area contributed by atoms with Crippen LogP contribution in [0.1, 0.15) is 27.7 Å². The molecule has 1 unspecified atom stereocenters. The van der Waals surface area contributed by atoms with Gasteiger partial charge in [-0.3, -0.25) is 9.78 Å². The first-order chi connectivity index (χ1) is 15.2. The molecule has 5 aromatic rings. The Morgan fingerprint density at radius 2 is 1.81 bits per heavy atom. The molecule has 1 amide bonds. The Bertz CT molecular complexity index is 1410. The number of fused-ring (bicyclic) bond motifs is 2. The van der Waals surface area contributed by atoms with Crippen LogP contribution >= 0.6 is 0 Å². The van der Waals surface area contributed by atoms with Gasteiger partial charge in [0.25, 0.3) is 5.91 Å². The van der Waals surface area contributed by atoms with Crippen molar-refractivity contribution in [2.24, 2.45) is 0 Å². The van der Waals surface area contributed by atoms with Crippen LogP contribution in [0.25, 0.3) is 33.4 Å². The largest absolute Gasteiger partial charge is 0.361 e. The molecule has 6 rings (SSSR count). The molecule has 1 aliphatic heterocycles. The summed E-state index contributed by atoms with van der Waals surface area (Å²) in [4.78, 5) is 24.0. The van der Waals surface area contributed by atoms with Crippen molar-refractivity contribution < 1.29 is 4.79 Å². The molecular formula is C26H20N4O. The second kappa shape index (κ2) is 6.99. The number of hydrogen-bond acceptors (Lipinski definition) is 2. The van der Waals surface area contributed by atoms with E-state index in [0.717, 1.165) is 51.1 Å². The maximum atomic E-state index is 12.8. The minimum atomic E-state index is -0.0372. The molecule has 0 radical (unpaired) electrons. The van der Waals surface area contributed by atoms with Gasteiger partial charge in [0.15, 0.2) is 0 Å². The third kappa shape index (κ3) is 3.11. The molecule has 150 valence electrons. The number of nitrogens with zero attached hydrogens (tertiary/aromatic N) is 1. The molecule has 31 heavy (non-hydrogen) atoms. The minimum absolute atomic E-state index is 0.0196. The Morgan fingerprint density at radius 3 is 2.71 bits per heavy atom. The number of hydrogen-bond donors (Lipinski definition) is 3. The number of benzene rings is 2. The molecule has 3 N–H and O–H groups in total. The van der Waals surface area contributed by atoms with Gasteiger partial charge in [-0.2, -0.15) is 0 Å². The first-order valence-corrected chi connectivity index (χ1v) is 10.4. The van der Waals surface area contributed by atoms with E-state index in [1.807, 2.05) is 42.7 Å². The summed E-state index contributed by atoms with van der Waals surface area (Å²) in [7, 11) is 0. The molecule has 1 atom stereocenters. The molecule has 4 heterocycles. The average Bonchev–Trinajstić information content (AvgIpc) is 3.46. The van der Waals surface area contributed by atoms with E-state index in [-0.39, 0.29) is 11.9 Å². The van der Waals surface area contributed by atoms with E-state index in [4.69, 9.17) is 0 Å². The second-order valence-corrected chi connectivity index (χ2v) is 7.93. The number of amides is 1. The Morgan fingerprint density at radius 1 is 0.903 bits per heavy atom. The van der Waals surface area contributed by atoms with Crippen LogP contribution in [0.3, 0.4) is 0 Å². The van der Waals surface area contributed by atoms with Crippen LogP contribution < -0.4 is 5.32 Å². The van der Waals surface area contributed by atoms with Crippen molar-refractivity contribution in [2.45, 2.75) is 12.5 Å². The van der Waals surface area contributed by atoms with Crippen LogP contribution in [0.4, 0.5) is 0 Å². The number of aromatic nitrogens is 3. The molecule has 0 saturated carbocycles. The third-order valence-corrected chi connectivity index (χ3v) is 5.98. The van der Waals surface area contributed by atoms with Crippen molar-refractivity contribution in [1.29, 1.82) is 0 Å². The summed E-state index contributed by atoms with van der Waals surface area (Å²) in [5.41, 5.74) is 7.82. The van der Waals surface area contributed by atoms with Gasteiger partial charge in [-0.05, 0) is 42.0 Å². The van der Waals surface area contributed by atoms with Gasteiger partial charge in [-0.25, -0.2) is 0 Å². The van der Waals surface area contributed by atoms with E-state index in [0.29, 0.717) is 5.56 Å². The van der Waals surface area contributed by atoms with Gasteiger partial charge >= 0.3 is 0 Å². The van der Waals surface area contributed by atoms with Gasteiger partial charge in [0.2, 0.25) is 0 Å². The highest BCUT2D eigenvalue weighted by molar-refractivity contribution is 5.98. The average molecular weight is 404 g/mol. The van der Waals surface area contributed by atoms with Gasteiger partial charge in [0.1, 0.15) is 0 Å². The van der Waals surface area contributed by atoms with Crippen LogP contribution in [0, 0.1) is 0 Å². The van der Waals surface area contributed by atoms with Gasteiger partial charge in [-0.1, -0.05) is 36.4 Å². The molecule has 0 fully saturated rings. The zero-order chi connectivity index (χ0) is 20.8. The van der Waals surface area contributed by atoms with E-state index in [2.05, 4.69) is 62.7 Å². The van der Waals surface area contributed by atoms with Crippen molar-refractivity contribution in [2.75, 3.05) is 0 Å². The summed E-state index contributed by atoms with van der Waals surface area (Å²) < 4.78 is 0. The van der Waals surface area contributed by atoms with Crippen LogP contribution in [0.5, 0.6) is 0 Å². The van der Waals surface area contributed by atoms with Gasteiger partial charge in [-0.15, -0.1) is 0 Å². The molecular weight excluding hydrogens is 384 g/mol. The summed E-state index contributed by atoms with van der Waals surface area (Å²) in [5.74, 6) is -0.0372. The molecule has 3 aromatic heterocycles. The first kappa shape index (κ1) is 17.7. The lowest BCUT2D eigenvalue weighted by Crippen LogP contribution is -2.34. The fraction of sp³-hybridized carbons (Fsp3) is 0.0769. The number of pyridine rings is 1. The topological polar surface area (TPSA) is 73.6 Å². The standard InChI is InChI=1S/C26H20N4O/c31-26-20-14-23(29-25(20)15-24(30-26)16-4-2-1-3-5-16)19-9-11-28-22(13-19)17-6-7-21-18(12-17)8-10-27-21/h1-14,24,27,29H,15H2,(H,30,31). The smallest absolute Gasteiger partial charge is 0.253 e. The van der Waals surface area contributed by atoms with E-state index in [1.54, 1.807) is 0 Å². The van der Waals surface area contributed by atoms with Crippen molar-refractivity contribution >= 4 is 16.8 Å². The number of aromatic amines is 2. The zero-order valence-electron chi connectivity index (χ0n) is 16.7. The maximum Gasteiger partial charge on any atom is 0.253 e.